The SMILES string of the molecule is CC(C)NC(=O)[C@@H](C)NC(=O)[C@@H]1CC(c2ccc(Cl)cc2)=NO1. The molecule has 1 aromatic rings. The molecule has 1 aliphatic rings. The van der Waals surface area contributed by atoms with E-state index in [9.17, 15) is 9.59 Å². The van der Waals surface area contributed by atoms with Gasteiger partial charge in [-0.25, -0.2) is 0 Å². The van der Waals surface area contributed by atoms with Gasteiger partial charge in [-0.05, 0) is 38.5 Å². The maximum absolute atomic E-state index is 12.2. The monoisotopic (exact) mass is 337 g/mol. The summed E-state index contributed by atoms with van der Waals surface area (Å²) in [4.78, 5) is 29.2. The number of nitrogens with zero attached hydrogens (tertiary/aromatic N) is 1. The number of oxime groups is 1. The van der Waals surface area contributed by atoms with Crippen LogP contribution in [0.25, 0.3) is 0 Å². The van der Waals surface area contributed by atoms with E-state index in [1.165, 1.54) is 0 Å². The zero-order valence-corrected chi connectivity index (χ0v) is 14.1. The van der Waals surface area contributed by atoms with Crippen molar-refractivity contribution in [3.05, 3.63) is 34.9 Å². The molecular formula is C16H20ClN3O3. The molecule has 0 aliphatic carbocycles. The molecule has 2 atom stereocenters. The normalized spacial score (nSPS) is 18.1. The summed E-state index contributed by atoms with van der Waals surface area (Å²) in [5, 5.41) is 9.96. The second-order valence-corrected chi connectivity index (χ2v) is 6.17. The Labute approximate surface area is 140 Å². The molecule has 1 aromatic carbocycles. The van der Waals surface area contributed by atoms with Gasteiger partial charge in [0.15, 0.2) is 0 Å². The van der Waals surface area contributed by atoms with Crippen LogP contribution in [-0.4, -0.2) is 35.7 Å². The Hall–Kier alpha value is -2.08. The molecule has 0 fully saturated rings. The molecule has 2 amide bonds. The van der Waals surface area contributed by atoms with Crippen molar-refractivity contribution < 1.29 is 14.4 Å². The first-order chi connectivity index (χ1) is 10.9. The van der Waals surface area contributed by atoms with Crippen LogP contribution in [0, 0.1) is 0 Å². The summed E-state index contributed by atoms with van der Waals surface area (Å²) in [6.45, 7) is 5.35. The summed E-state index contributed by atoms with van der Waals surface area (Å²) >= 11 is 5.85. The van der Waals surface area contributed by atoms with E-state index in [2.05, 4.69) is 15.8 Å². The number of hydrogen-bond donors (Lipinski definition) is 2. The largest absolute Gasteiger partial charge is 0.382 e. The Morgan fingerprint density at radius 2 is 1.87 bits per heavy atom. The molecule has 0 radical (unpaired) electrons. The standard InChI is InChI=1S/C16H20ClN3O3/c1-9(2)18-15(21)10(3)19-16(22)14-8-13(20-23-14)11-4-6-12(17)7-5-11/h4-7,9-10,14H,8H2,1-3H3,(H,18,21)(H,19,22)/t10-,14+/m1/s1. The zero-order valence-electron chi connectivity index (χ0n) is 13.3. The van der Waals surface area contributed by atoms with Gasteiger partial charge < -0.3 is 15.5 Å². The van der Waals surface area contributed by atoms with Crippen molar-refractivity contribution >= 4 is 29.1 Å². The lowest BCUT2D eigenvalue weighted by Crippen LogP contribution is -2.49. The van der Waals surface area contributed by atoms with Gasteiger partial charge in [0.1, 0.15) is 6.04 Å². The van der Waals surface area contributed by atoms with Crippen molar-refractivity contribution in [2.24, 2.45) is 5.16 Å². The van der Waals surface area contributed by atoms with E-state index in [1.54, 1.807) is 19.1 Å². The quantitative estimate of drug-likeness (QED) is 0.860. The minimum atomic E-state index is -0.727. The van der Waals surface area contributed by atoms with Crippen molar-refractivity contribution in [1.29, 1.82) is 0 Å². The molecule has 0 saturated heterocycles. The number of nitrogens with one attached hydrogen (secondary N) is 2. The van der Waals surface area contributed by atoms with Crippen molar-refractivity contribution in [1.82, 2.24) is 10.6 Å². The number of hydrogen-bond acceptors (Lipinski definition) is 4. The fourth-order valence-corrected chi connectivity index (χ4v) is 2.24. The van der Waals surface area contributed by atoms with Crippen LogP contribution >= 0.6 is 11.6 Å². The van der Waals surface area contributed by atoms with Crippen molar-refractivity contribution in [2.75, 3.05) is 0 Å². The Kier molecular flexibility index (Phi) is 5.60. The summed E-state index contributed by atoms with van der Waals surface area (Å²) in [5.74, 6) is -0.589. The van der Waals surface area contributed by atoms with E-state index in [4.69, 9.17) is 16.4 Å². The molecule has 0 saturated carbocycles. The lowest BCUT2D eigenvalue weighted by molar-refractivity contribution is -0.135. The summed E-state index contributed by atoms with van der Waals surface area (Å²) < 4.78 is 0. The van der Waals surface area contributed by atoms with Gasteiger partial charge in [0.25, 0.3) is 5.91 Å². The summed E-state index contributed by atoms with van der Waals surface area (Å²) in [5.41, 5.74) is 1.54. The molecule has 0 spiro atoms. The van der Waals surface area contributed by atoms with E-state index >= 15 is 0 Å². The molecular weight excluding hydrogens is 318 g/mol. The molecule has 6 nitrogen and oxygen atoms in total. The van der Waals surface area contributed by atoms with Crippen LogP contribution < -0.4 is 10.6 Å². The smallest absolute Gasteiger partial charge is 0.264 e. The Morgan fingerprint density at radius 3 is 2.48 bits per heavy atom. The summed E-state index contributed by atoms with van der Waals surface area (Å²) in [6, 6.07) is 6.54. The number of rotatable bonds is 5. The Morgan fingerprint density at radius 1 is 1.22 bits per heavy atom. The van der Waals surface area contributed by atoms with E-state index in [0.717, 1.165) is 5.56 Å². The van der Waals surface area contributed by atoms with Gasteiger partial charge in [0.05, 0.1) is 5.71 Å². The zero-order chi connectivity index (χ0) is 17.0. The predicted octanol–water partition coefficient (Wildman–Crippen LogP) is 1.86. The van der Waals surface area contributed by atoms with Crippen molar-refractivity contribution in [3.8, 4) is 0 Å². The van der Waals surface area contributed by atoms with Gasteiger partial charge in [-0.1, -0.05) is 28.9 Å². The first kappa shape index (κ1) is 17.3. The Balaban J connectivity index is 1.88. The third-order valence-electron chi connectivity index (χ3n) is 3.32. The highest BCUT2D eigenvalue weighted by atomic mass is 35.5. The van der Waals surface area contributed by atoms with Gasteiger partial charge in [-0.15, -0.1) is 0 Å². The minimum absolute atomic E-state index is 0.0180. The molecule has 124 valence electrons. The molecule has 2 rings (SSSR count). The number of carbonyl (C=O) groups excluding carboxylic acids is 2. The first-order valence-corrected chi connectivity index (χ1v) is 7.84. The molecule has 1 heterocycles. The topological polar surface area (TPSA) is 79.8 Å². The molecule has 0 unspecified atom stereocenters. The van der Waals surface area contributed by atoms with Gasteiger partial charge in [-0.3, -0.25) is 9.59 Å². The van der Waals surface area contributed by atoms with Crippen LogP contribution in [-0.2, 0) is 14.4 Å². The number of carbonyl (C=O) groups is 2. The second-order valence-electron chi connectivity index (χ2n) is 5.74. The van der Waals surface area contributed by atoms with Gasteiger partial charge >= 0.3 is 0 Å². The van der Waals surface area contributed by atoms with Gasteiger partial charge in [-0.2, -0.15) is 0 Å². The molecule has 7 heteroatoms. The van der Waals surface area contributed by atoms with E-state index in [-0.39, 0.29) is 17.9 Å². The lowest BCUT2D eigenvalue weighted by atomic mass is 10.0. The second kappa shape index (κ2) is 7.46. The average Bonchev–Trinajstić information content (AvgIpc) is 2.97. The minimum Gasteiger partial charge on any atom is -0.382 e. The summed E-state index contributed by atoms with van der Waals surface area (Å²) in [6.07, 6.45) is -0.374. The molecule has 0 bridgehead atoms. The highest BCUT2D eigenvalue weighted by Crippen LogP contribution is 2.18. The highest BCUT2D eigenvalue weighted by Gasteiger charge is 2.30. The molecule has 23 heavy (non-hydrogen) atoms. The number of amides is 2. The van der Waals surface area contributed by atoms with Crippen LogP contribution in [0.1, 0.15) is 32.8 Å². The third kappa shape index (κ3) is 4.69. The summed E-state index contributed by atoms with van der Waals surface area (Å²) in [7, 11) is 0. The van der Waals surface area contributed by atoms with E-state index in [1.807, 2.05) is 26.0 Å². The van der Waals surface area contributed by atoms with Crippen LogP contribution in [0.2, 0.25) is 5.02 Å². The average molecular weight is 338 g/mol. The van der Waals surface area contributed by atoms with Crippen LogP contribution in [0.5, 0.6) is 0 Å². The number of benzene rings is 1. The molecule has 0 aromatic heterocycles. The number of halogens is 1. The molecule has 1 aliphatic heterocycles. The van der Waals surface area contributed by atoms with Gasteiger partial charge in [0, 0.05) is 17.5 Å². The lowest BCUT2D eigenvalue weighted by Gasteiger charge is -2.17. The fraction of sp³-hybridized carbons (Fsp3) is 0.438. The van der Waals surface area contributed by atoms with Gasteiger partial charge in [0.2, 0.25) is 12.0 Å². The molecule has 2 N–H and O–H groups in total. The van der Waals surface area contributed by atoms with Crippen LogP contribution in [0.15, 0.2) is 29.4 Å². The predicted molar refractivity (Wildman–Crippen MR) is 88.4 cm³/mol. The first-order valence-electron chi connectivity index (χ1n) is 7.46. The third-order valence-corrected chi connectivity index (χ3v) is 3.57. The van der Waals surface area contributed by atoms with Crippen molar-refractivity contribution in [2.45, 2.75) is 45.4 Å². The fourth-order valence-electron chi connectivity index (χ4n) is 2.11. The maximum atomic E-state index is 12.2. The maximum Gasteiger partial charge on any atom is 0.264 e. The Bertz CT molecular complexity index is 614. The van der Waals surface area contributed by atoms with Crippen molar-refractivity contribution in [3.63, 3.8) is 0 Å². The van der Waals surface area contributed by atoms with Crippen LogP contribution in [0.3, 0.4) is 0 Å². The highest BCUT2D eigenvalue weighted by molar-refractivity contribution is 6.30. The van der Waals surface area contributed by atoms with Crippen LogP contribution in [0.4, 0.5) is 0 Å². The van der Waals surface area contributed by atoms with E-state index < -0.39 is 12.1 Å². The van der Waals surface area contributed by atoms with E-state index in [0.29, 0.717) is 17.2 Å².